The van der Waals surface area contributed by atoms with Gasteiger partial charge in [0.1, 0.15) is 5.76 Å². The highest BCUT2D eigenvalue weighted by molar-refractivity contribution is 6.33. The Kier molecular flexibility index (Phi) is 7.06. The normalized spacial score (nSPS) is 11.1. The molecule has 0 aliphatic carbocycles. The first-order valence-corrected chi connectivity index (χ1v) is 10.3. The second kappa shape index (κ2) is 9.72. The number of aromatic nitrogens is 1. The number of nitrogens with zero attached hydrogens (tertiary/aromatic N) is 1. The van der Waals surface area contributed by atoms with Gasteiger partial charge in [-0.2, -0.15) is 0 Å². The van der Waals surface area contributed by atoms with Crippen molar-refractivity contribution in [2.24, 2.45) is 0 Å². The summed E-state index contributed by atoms with van der Waals surface area (Å²) in [5.41, 5.74) is 2.87. The van der Waals surface area contributed by atoms with Gasteiger partial charge in [0.2, 0.25) is 5.89 Å². The summed E-state index contributed by atoms with van der Waals surface area (Å²) < 4.78 is 6.00. The number of benzene rings is 2. The minimum absolute atomic E-state index is 0.0257. The highest BCUT2D eigenvalue weighted by atomic mass is 35.5. The quantitative estimate of drug-likeness (QED) is 0.428. The van der Waals surface area contributed by atoms with Crippen LogP contribution in [0.1, 0.15) is 60.0 Å². The third-order valence-corrected chi connectivity index (χ3v) is 5.13. The number of rotatable bonds is 9. The summed E-state index contributed by atoms with van der Waals surface area (Å²) in [4.78, 5) is 27.9. The number of ketones is 1. The molecule has 30 heavy (non-hydrogen) atoms. The van der Waals surface area contributed by atoms with Gasteiger partial charge >= 0.3 is 5.97 Å². The molecule has 3 aromatic rings. The number of carboxylic acids is 1. The third-order valence-electron chi connectivity index (χ3n) is 4.80. The van der Waals surface area contributed by atoms with Crippen LogP contribution in [-0.2, 0) is 17.6 Å². The van der Waals surface area contributed by atoms with Gasteiger partial charge in [0.05, 0.1) is 22.7 Å². The molecule has 0 spiro atoms. The average molecular weight is 426 g/mol. The van der Waals surface area contributed by atoms with Crippen LogP contribution >= 0.6 is 11.6 Å². The van der Waals surface area contributed by atoms with E-state index in [1.54, 1.807) is 30.3 Å². The molecule has 6 heteroatoms. The monoisotopic (exact) mass is 425 g/mol. The van der Waals surface area contributed by atoms with Gasteiger partial charge in [-0.25, -0.2) is 4.98 Å². The zero-order chi connectivity index (χ0) is 21.7. The van der Waals surface area contributed by atoms with E-state index in [-0.39, 0.29) is 18.1 Å². The van der Waals surface area contributed by atoms with E-state index < -0.39 is 5.97 Å². The Labute approximate surface area is 180 Å². The molecule has 3 rings (SSSR count). The maximum atomic E-state index is 12.5. The van der Waals surface area contributed by atoms with Crippen LogP contribution in [0.2, 0.25) is 5.02 Å². The maximum absolute atomic E-state index is 12.5. The van der Waals surface area contributed by atoms with Gasteiger partial charge in [-0.3, -0.25) is 9.59 Å². The zero-order valence-corrected chi connectivity index (χ0v) is 17.8. The molecule has 0 unspecified atom stereocenters. The molecular weight excluding hydrogens is 402 g/mol. The van der Waals surface area contributed by atoms with E-state index in [0.717, 1.165) is 17.0 Å². The van der Waals surface area contributed by atoms with E-state index in [1.807, 2.05) is 32.0 Å². The van der Waals surface area contributed by atoms with Crippen molar-refractivity contribution in [2.45, 2.75) is 45.4 Å². The number of halogens is 1. The van der Waals surface area contributed by atoms with Gasteiger partial charge in [0.25, 0.3) is 0 Å². The Bertz CT molecular complexity index is 1040. The molecule has 0 aliphatic rings. The van der Waals surface area contributed by atoms with Gasteiger partial charge in [-0.15, -0.1) is 0 Å². The predicted molar refractivity (Wildman–Crippen MR) is 116 cm³/mol. The summed E-state index contributed by atoms with van der Waals surface area (Å²) in [5.74, 6) is 0.618. The molecule has 0 amide bonds. The molecule has 2 aromatic carbocycles. The standard InChI is InChI=1S/C24H24ClNO4/c1-15(2)23-20(26-24(30-23)18-6-3-4-7-19(18)25)8-5-9-21(27)17-12-10-16(11-13-17)14-22(28)29/h3-4,6-7,10-13,15H,5,8-9,14H2,1-2H3,(H,28,29). The zero-order valence-electron chi connectivity index (χ0n) is 17.0. The molecule has 0 fully saturated rings. The van der Waals surface area contributed by atoms with Crippen molar-refractivity contribution in [1.82, 2.24) is 4.98 Å². The van der Waals surface area contributed by atoms with Gasteiger partial charge in [-0.05, 0) is 30.5 Å². The molecular formula is C24H24ClNO4. The fraction of sp³-hybridized carbons (Fsp3) is 0.292. The van der Waals surface area contributed by atoms with Crippen LogP contribution in [0, 0.1) is 0 Å². The number of hydrogen-bond acceptors (Lipinski definition) is 4. The molecule has 156 valence electrons. The van der Waals surface area contributed by atoms with E-state index >= 15 is 0 Å². The van der Waals surface area contributed by atoms with Crippen LogP contribution in [0.4, 0.5) is 0 Å². The van der Waals surface area contributed by atoms with Crippen molar-refractivity contribution in [2.75, 3.05) is 0 Å². The minimum atomic E-state index is -0.890. The first-order valence-electron chi connectivity index (χ1n) is 9.93. The van der Waals surface area contributed by atoms with Crippen molar-refractivity contribution in [3.63, 3.8) is 0 Å². The smallest absolute Gasteiger partial charge is 0.307 e. The van der Waals surface area contributed by atoms with E-state index in [2.05, 4.69) is 4.98 Å². The van der Waals surface area contributed by atoms with Crippen molar-refractivity contribution in [3.8, 4) is 11.5 Å². The van der Waals surface area contributed by atoms with Gasteiger partial charge in [-0.1, -0.05) is 61.8 Å². The van der Waals surface area contributed by atoms with E-state index in [0.29, 0.717) is 41.3 Å². The molecule has 0 atom stereocenters. The Morgan fingerprint density at radius 1 is 1.10 bits per heavy atom. The van der Waals surface area contributed by atoms with Gasteiger partial charge < -0.3 is 9.52 Å². The van der Waals surface area contributed by atoms with Crippen LogP contribution < -0.4 is 0 Å². The number of aryl methyl sites for hydroxylation is 1. The van der Waals surface area contributed by atoms with Gasteiger partial charge in [0, 0.05) is 17.9 Å². The van der Waals surface area contributed by atoms with Crippen LogP contribution in [0.25, 0.3) is 11.5 Å². The lowest BCUT2D eigenvalue weighted by Crippen LogP contribution is -2.03. The lowest BCUT2D eigenvalue weighted by atomic mass is 10.0. The first kappa shape index (κ1) is 21.8. The molecule has 1 heterocycles. The summed E-state index contributed by atoms with van der Waals surface area (Å²) in [7, 11) is 0. The molecule has 0 radical (unpaired) electrons. The van der Waals surface area contributed by atoms with E-state index in [4.69, 9.17) is 21.1 Å². The Morgan fingerprint density at radius 3 is 2.43 bits per heavy atom. The minimum Gasteiger partial charge on any atom is -0.481 e. The van der Waals surface area contributed by atoms with E-state index in [1.165, 1.54) is 0 Å². The number of hydrogen-bond donors (Lipinski definition) is 1. The second-order valence-corrected chi connectivity index (χ2v) is 7.92. The number of carbonyl (C=O) groups excluding carboxylic acids is 1. The van der Waals surface area contributed by atoms with Crippen LogP contribution in [0.3, 0.4) is 0 Å². The number of carbonyl (C=O) groups is 2. The highest BCUT2D eigenvalue weighted by Crippen LogP contribution is 2.32. The number of oxazole rings is 1. The van der Waals surface area contributed by atoms with Gasteiger partial charge in [0.15, 0.2) is 5.78 Å². The molecule has 1 aromatic heterocycles. The molecule has 5 nitrogen and oxygen atoms in total. The molecule has 0 aliphatic heterocycles. The summed E-state index contributed by atoms with van der Waals surface area (Å²) in [6.45, 7) is 4.09. The predicted octanol–water partition coefficient (Wildman–Crippen LogP) is 5.95. The number of aliphatic carboxylic acids is 1. The lowest BCUT2D eigenvalue weighted by Gasteiger charge is -2.05. The summed E-state index contributed by atoms with van der Waals surface area (Å²) in [5, 5.41) is 9.42. The molecule has 1 N–H and O–H groups in total. The fourth-order valence-corrected chi connectivity index (χ4v) is 3.50. The number of carboxylic acid groups (broad SMARTS) is 1. The van der Waals surface area contributed by atoms with Crippen molar-refractivity contribution in [3.05, 3.63) is 76.1 Å². The summed E-state index contributed by atoms with van der Waals surface area (Å²) in [6.07, 6.45) is 1.60. The molecule has 0 bridgehead atoms. The SMILES string of the molecule is CC(C)c1oc(-c2ccccc2Cl)nc1CCCC(=O)c1ccc(CC(=O)O)cc1. The Balaban J connectivity index is 1.66. The third kappa shape index (κ3) is 5.36. The van der Waals surface area contributed by atoms with Crippen LogP contribution in [0.15, 0.2) is 52.9 Å². The Hall–Kier alpha value is -2.92. The molecule has 0 saturated heterocycles. The lowest BCUT2D eigenvalue weighted by molar-refractivity contribution is -0.136. The summed E-state index contributed by atoms with van der Waals surface area (Å²) >= 11 is 6.28. The fourth-order valence-electron chi connectivity index (χ4n) is 3.29. The summed E-state index contributed by atoms with van der Waals surface area (Å²) in [6, 6.07) is 14.2. The largest absolute Gasteiger partial charge is 0.481 e. The second-order valence-electron chi connectivity index (χ2n) is 7.51. The average Bonchev–Trinajstić information content (AvgIpc) is 3.12. The highest BCUT2D eigenvalue weighted by Gasteiger charge is 2.19. The number of Topliss-reactive ketones (excluding diaryl/α,β-unsaturated/α-hetero) is 1. The van der Waals surface area contributed by atoms with Crippen molar-refractivity contribution in [1.29, 1.82) is 0 Å². The van der Waals surface area contributed by atoms with Crippen molar-refractivity contribution < 1.29 is 19.1 Å². The molecule has 0 saturated carbocycles. The Morgan fingerprint density at radius 2 is 1.80 bits per heavy atom. The van der Waals surface area contributed by atoms with Crippen LogP contribution in [0.5, 0.6) is 0 Å². The van der Waals surface area contributed by atoms with Crippen LogP contribution in [-0.4, -0.2) is 21.8 Å². The van der Waals surface area contributed by atoms with E-state index in [9.17, 15) is 9.59 Å². The first-order chi connectivity index (χ1) is 14.3. The van der Waals surface area contributed by atoms with Crippen molar-refractivity contribution >= 4 is 23.4 Å². The maximum Gasteiger partial charge on any atom is 0.307 e. The topological polar surface area (TPSA) is 80.4 Å².